The Hall–Kier alpha value is -1.67. The van der Waals surface area contributed by atoms with Crippen LogP contribution >= 0.6 is 7.60 Å². The van der Waals surface area contributed by atoms with E-state index in [4.69, 9.17) is 21.3 Å². The Morgan fingerprint density at radius 1 is 1.23 bits per heavy atom. The number of Topliss-reactive ketones (excluding diaryl/α,β-unsaturated/α-hetero) is 1. The Morgan fingerprint density at radius 3 is 2.00 bits per heavy atom. The summed E-state index contributed by atoms with van der Waals surface area (Å²) in [5.74, 6) is -2.86. The number of alkyl halides is 2. The second-order valence-corrected chi connectivity index (χ2v) is 6.37. The number of rotatable bonds is 6. The number of halogens is 2. The molecule has 0 aromatic heterocycles. The number of amides is 1. The zero-order valence-corrected chi connectivity index (χ0v) is 12.3. The number of hydrogen-bond acceptors (Lipinski definition) is 4. The molecule has 122 valence electrons. The monoisotopic (exact) mass is 336 g/mol. The molecule has 0 aliphatic heterocycles. The minimum Gasteiger partial charge on any atom is -0.369 e. The van der Waals surface area contributed by atoms with Gasteiger partial charge in [-0.3, -0.25) is 14.2 Å². The van der Waals surface area contributed by atoms with E-state index in [-0.39, 0.29) is 5.56 Å². The van der Waals surface area contributed by atoms with Crippen molar-refractivity contribution in [3.63, 3.8) is 0 Å². The molecule has 0 radical (unpaired) electrons. The Bertz CT molecular complexity index is 615. The molecule has 6 N–H and O–H groups in total. The Kier molecular flexibility index (Phi) is 5.19. The van der Waals surface area contributed by atoms with E-state index in [1.807, 2.05) is 0 Å². The van der Waals surface area contributed by atoms with Crippen LogP contribution in [0.3, 0.4) is 0 Å². The predicted molar refractivity (Wildman–Crippen MR) is 72.7 cm³/mol. The van der Waals surface area contributed by atoms with Gasteiger partial charge in [-0.05, 0) is 12.5 Å². The van der Waals surface area contributed by atoms with Crippen molar-refractivity contribution in [2.75, 3.05) is 0 Å². The van der Waals surface area contributed by atoms with Crippen LogP contribution in [0.2, 0.25) is 0 Å². The van der Waals surface area contributed by atoms with Crippen molar-refractivity contribution in [1.29, 1.82) is 0 Å². The number of carbonyl (C=O) groups excluding carboxylic acids is 2. The van der Waals surface area contributed by atoms with Gasteiger partial charge in [0.15, 0.2) is 0 Å². The summed E-state index contributed by atoms with van der Waals surface area (Å²) < 4.78 is 37.7. The summed E-state index contributed by atoms with van der Waals surface area (Å²) in [5.41, 5.74) is 5.69. The first-order valence-electron chi connectivity index (χ1n) is 5.99. The molecule has 22 heavy (non-hydrogen) atoms. The van der Waals surface area contributed by atoms with Crippen LogP contribution in [0.4, 0.5) is 8.78 Å². The lowest BCUT2D eigenvalue weighted by atomic mass is 9.90. The maximum absolute atomic E-state index is 13.5. The summed E-state index contributed by atoms with van der Waals surface area (Å²) in [6, 6.07) is 2.51. The molecule has 0 aliphatic rings. The number of primary amides is 1. The van der Waals surface area contributed by atoms with Crippen LogP contribution in [0.1, 0.15) is 24.1 Å². The number of carbonyl (C=O) groups is 2. The zero-order chi connectivity index (χ0) is 17.3. The number of nitrogens with two attached hydrogens (primary N) is 2. The van der Waals surface area contributed by atoms with Gasteiger partial charge in [0.1, 0.15) is 11.7 Å². The molecule has 0 saturated carbocycles. The molecule has 0 bridgehead atoms. The molecule has 1 rings (SSSR count). The third-order valence-corrected chi connectivity index (χ3v) is 4.10. The minimum atomic E-state index is -5.67. The van der Waals surface area contributed by atoms with E-state index in [9.17, 15) is 22.9 Å². The Labute approximate surface area is 124 Å². The second-order valence-electron chi connectivity index (χ2n) is 4.72. The van der Waals surface area contributed by atoms with Crippen LogP contribution in [0.25, 0.3) is 0 Å². The van der Waals surface area contributed by atoms with Crippen molar-refractivity contribution in [2.45, 2.75) is 18.6 Å². The molecule has 2 unspecified atom stereocenters. The number of benzene rings is 1. The van der Waals surface area contributed by atoms with Gasteiger partial charge in [-0.25, -0.2) is 0 Å². The van der Waals surface area contributed by atoms with Gasteiger partial charge >= 0.3 is 13.3 Å². The van der Waals surface area contributed by atoms with Crippen molar-refractivity contribution in [2.24, 2.45) is 17.4 Å². The SMILES string of the molecule is CC(=O)C(C(N)=O)C(N)c1ccc(C(F)(F)P(=O)(O)O)cc1. The largest absolute Gasteiger partial charge is 0.399 e. The minimum absolute atomic E-state index is 0.157. The second kappa shape index (κ2) is 6.21. The lowest BCUT2D eigenvalue weighted by Crippen LogP contribution is -2.37. The topological polar surface area (TPSA) is 144 Å². The third-order valence-electron chi connectivity index (χ3n) is 3.11. The molecule has 1 amide bonds. The molecule has 0 aliphatic carbocycles. The van der Waals surface area contributed by atoms with Crippen molar-refractivity contribution >= 4 is 19.3 Å². The van der Waals surface area contributed by atoms with E-state index in [1.165, 1.54) is 0 Å². The molecule has 1 aromatic carbocycles. The van der Waals surface area contributed by atoms with Gasteiger partial charge in [0.25, 0.3) is 0 Å². The summed E-state index contributed by atoms with van der Waals surface area (Å²) in [6.45, 7) is 1.12. The normalized spacial score (nSPS) is 15.2. The Balaban J connectivity index is 3.15. The van der Waals surface area contributed by atoms with Crippen LogP contribution in [0.15, 0.2) is 24.3 Å². The van der Waals surface area contributed by atoms with Gasteiger partial charge in [-0.2, -0.15) is 8.78 Å². The van der Waals surface area contributed by atoms with E-state index in [0.29, 0.717) is 0 Å². The van der Waals surface area contributed by atoms with Gasteiger partial charge in [0.2, 0.25) is 5.91 Å². The molecule has 0 saturated heterocycles. The molecule has 0 fully saturated rings. The van der Waals surface area contributed by atoms with Crippen molar-refractivity contribution in [1.82, 2.24) is 0 Å². The van der Waals surface area contributed by atoms with Gasteiger partial charge in [-0.1, -0.05) is 24.3 Å². The smallest absolute Gasteiger partial charge is 0.369 e. The van der Waals surface area contributed by atoms with Crippen LogP contribution < -0.4 is 11.5 Å². The highest BCUT2D eigenvalue weighted by molar-refractivity contribution is 7.52. The lowest BCUT2D eigenvalue weighted by molar-refractivity contribution is -0.131. The molecular formula is C12H15F2N2O5P. The fourth-order valence-corrected chi connectivity index (χ4v) is 2.38. The first kappa shape index (κ1) is 18.4. The molecule has 7 nitrogen and oxygen atoms in total. The molecule has 2 atom stereocenters. The van der Waals surface area contributed by atoms with E-state index in [0.717, 1.165) is 31.2 Å². The zero-order valence-electron chi connectivity index (χ0n) is 11.4. The van der Waals surface area contributed by atoms with Crippen molar-refractivity contribution in [3.8, 4) is 0 Å². The average molecular weight is 336 g/mol. The first-order valence-corrected chi connectivity index (χ1v) is 7.60. The van der Waals surface area contributed by atoms with E-state index in [2.05, 4.69) is 0 Å². The van der Waals surface area contributed by atoms with Gasteiger partial charge < -0.3 is 21.3 Å². The number of hydrogen-bond donors (Lipinski definition) is 4. The fourth-order valence-electron chi connectivity index (χ4n) is 1.90. The molecule has 0 heterocycles. The highest BCUT2D eigenvalue weighted by Gasteiger charge is 2.50. The summed E-state index contributed by atoms with van der Waals surface area (Å²) in [6.07, 6.45) is 0. The van der Waals surface area contributed by atoms with Crippen LogP contribution in [-0.4, -0.2) is 21.5 Å². The number of ketones is 1. The standard InChI is InChI=1S/C12H15F2N2O5P/c1-6(17)9(11(16)18)10(15)7-2-4-8(5-3-7)12(13,14)22(19,20)21/h2-5,9-10H,15H2,1H3,(H2,16,18)(H2,19,20,21). The van der Waals surface area contributed by atoms with Crippen LogP contribution in [-0.2, 0) is 19.8 Å². The molecule has 10 heteroatoms. The quantitative estimate of drug-likeness (QED) is 0.442. The molecular weight excluding hydrogens is 321 g/mol. The predicted octanol–water partition coefficient (Wildman–Crippen LogP) is 0.604. The van der Waals surface area contributed by atoms with Gasteiger partial charge in [0.05, 0.1) is 0 Å². The van der Waals surface area contributed by atoms with E-state index < -0.39 is 42.5 Å². The third kappa shape index (κ3) is 3.56. The summed E-state index contributed by atoms with van der Waals surface area (Å²) in [7, 11) is -5.67. The van der Waals surface area contributed by atoms with Crippen molar-refractivity contribution < 1.29 is 32.7 Å². The van der Waals surface area contributed by atoms with Gasteiger partial charge in [-0.15, -0.1) is 0 Å². The maximum atomic E-state index is 13.5. The highest BCUT2D eigenvalue weighted by Crippen LogP contribution is 2.59. The first-order chi connectivity index (χ1) is 9.89. The summed E-state index contributed by atoms with van der Waals surface area (Å²) >= 11 is 0. The lowest BCUT2D eigenvalue weighted by Gasteiger charge is -2.21. The summed E-state index contributed by atoms with van der Waals surface area (Å²) in [4.78, 5) is 39.8. The van der Waals surface area contributed by atoms with Crippen LogP contribution in [0, 0.1) is 5.92 Å². The fraction of sp³-hybridized carbons (Fsp3) is 0.333. The highest BCUT2D eigenvalue weighted by atomic mass is 31.2. The Morgan fingerprint density at radius 2 is 1.68 bits per heavy atom. The van der Waals surface area contributed by atoms with Crippen molar-refractivity contribution in [3.05, 3.63) is 35.4 Å². The molecule has 1 aromatic rings. The molecule has 0 spiro atoms. The maximum Gasteiger partial charge on any atom is 0.399 e. The average Bonchev–Trinajstić information content (AvgIpc) is 2.36. The van der Waals surface area contributed by atoms with E-state index in [1.54, 1.807) is 0 Å². The van der Waals surface area contributed by atoms with Gasteiger partial charge in [0, 0.05) is 11.6 Å². The summed E-state index contributed by atoms with van der Waals surface area (Å²) in [5, 5.41) is 0. The van der Waals surface area contributed by atoms with E-state index >= 15 is 0 Å². The van der Waals surface area contributed by atoms with Crippen LogP contribution in [0.5, 0.6) is 0 Å².